The van der Waals surface area contributed by atoms with Crippen molar-refractivity contribution in [1.29, 1.82) is 0 Å². The van der Waals surface area contributed by atoms with Gasteiger partial charge in [-0.1, -0.05) is 122 Å². The van der Waals surface area contributed by atoms with Crippen molar-refractivity contribution >= 4 is 90.2 Å². The summed E-state index contributed by atoms with van der Waals surface area (Å²) in [4.78, 5) is 4.79. The van der Waals surface area contributed by atoms with Gasteiger partial charge in [0.05, 0.1) is 5.52 Å². The molecule has 58 heavy (non-hydrogen) atoms. The van der Waals surface area contributed by atoms with Crippen LogP contribution in [0, 0.1) is 0 Å². The zero-order chi connectivity index (χ0) is 38.5. The highest BCUT2D eigenvalue weighted by Crippen LogP contribution is 2.47. The van der Waals surface area contributed by atoms with E-state index in [1.807, 2.05) is 0 Å². The summed E-state index contributed by atoms with van der Waals surface area (Å²) < 4.78 is 9.31. The fourth-order valence-electron chi connectivity index (χ4n) is 10.1. The summed E-state index contributed by atoms with van der Waals surface area (Å²) in [5.74, 6) is 0. The van der Waals surface area contributed by atoms with Gasteiger partial charge >= 0.3 is 0 Å². The fraction of sp³-hybridized carbons (Fsp3) is 0.0566. The monoisotopic (exact) mass is 743 g/mol. The summed E-state index contributed by atoms with van der Waals surface area (Å²) in [7, 11) is 0. The molecule has 0 radical (unpaired) electrons. The standard InChI is InChI=1S/C53H38BN3O/c1-53(2)43-32-39(55(35-18-7-3-8-19-35)36-20-9-4-10-21-36)30-31-45(43)54-46-28-17-27-42-50(46)57(51-41-26-15-16-29-48(41)58-52(42)51)47-34-40(33-44(53)49(47)54)56(37-22-11-5-12-23-37)38-24-13-6-14-25-38/h3-34H,1-2H3. The van der Waals surface area contributed by atoms with Gasteiger partial charge in [0.2, 0.25) is 6.71 Å². The summed E-state index contributed by atoms with van der Waals surface area (Å²) in [5.41, 5.74) is 18.5. The Morgan fingerprint density at radius 3 is 1.60 bits per heavy atom. The number of hydrogen-bond acceptors (Lipinski definition) is 3. The molecular formula is C53H38BN3O. The molecule has 0 saturated carbocycles. The Morgan fingerprint density at radius 1 is 0.448 bits per heavy atom. The predicted molar refractivity (Wildman–Crippen MR) is 243 cm³/mol. The lowest BCUT2D eigenvalue weighted by Gasteiger charge is -2.43. The molecule has 10 aromatic rings. The lowest BCUT2D eigenvalue weighted by Crippen LogP contribution is -2.63. The van der Waals surface area contributed by atoms with E-state index in [0.717, 1.165) is 61.6 Å². The van der Waals surface area contributed by atoms with Crippen LogP contribution in [0.4, 0.5) is 34.1 Å². The molecule has 0 N–H and O–H groups in total. The summed E-state index contributed by atoms with van der Waals surface area (Å²) in [5, 5.41) is 2.27. The fourth-order valence-corrected chi connectivity index (χ4v) is 10.1. The van der Waals surface area contributed by atoms with E-state index in [0.29, 0.717) is 0 Å². The molecule has 2 aliphatic heterocycles. The number of para-hydroxylation sites is 6. The second kappa shape index (κ2) is 12.4. The molecule has 5 heteroatoms. The van der Waals surface area contributed by atoms with Crippen LogP contribution < -0.4 is 26.2 Å². The van der Waals surface area contributed by atoms with Crippen molar-refractivity contribution in [3.8, 4) is 5.69 Å². The molecule has 2 aromatic heterocycles. The molecule has 0 aliphatic carbocycles. The summed E-state index contributed by atoms with van der Waals surface area (Å²) in [6.07, 6.45) is 0. The third-order valence-electron chi connectivity index (χ3n) is 12.6. The molecule has 0 spiro atoms. The van der Waals surface area contributed by atoms with E-state index in [9.17, 15) is 0 Å². The minimum absolute atomic E-state index is 0.0291. The average Bonchev–Trinajstić information content (AvgIpc) is 3.81. The summed E-state index contributed by atoms with van der Waals surface area (Å²) in [6, 6.07) is 70.4. The Hall–Kier alpha value is -7.24. The second-order valence-electron chi connectivity index (χ2n) is 16.1. The predicted octanol–water partition coefficient (Wildman–Crippen LogP) is 11.9. The van der Waals surface area contributed by atoms with Gasteiger partial charge in [0.25, 0.3) is 0 Å². The maximum absolute atomic E-state index is 6.78. The highest BCUT2D eigenvalue weighted by molar-refractivity contribution is 6.99. The zero-order valence-electron chi connectivity index (χ0n) is 32.3. The van der Waals surface area contributed by atoms with Gasteiger partial charge in [0, 0.05) is 56.0 Å². The first kappa shape index (κ1) is 33.0. The van der Waals surface area contributed by atoms with E-state index in [1.165, 1.54) is 38.7 Å². The van der Waals surface area contributed by atoms with Gasteiger partial charge in [-0.05, 0) is 113 Å². The largest absolute Gasteiger partial charge is 0.454 e. The van der Waals surface area contributed by atoms with Crippen LogP contribution in [0.3, 0.4) is 0 Å². The third-order valence-corrected chi connectivity index (χ3v) is 12.6. The maximum atomic E-state index is 6.78. The van der Waals surface area contributed by atoms with E-state index in [-0.39, 0.29) is 12.1 Å². The first-order chi connectivity index (χ1) is 28.6. The number of rotatable bonds is 6. The van der Waals surface area contributed by atoms with E-state index >= 15 is 0 Å². The second-order valence-corrected chi connectivity index (χ2v) is 16.1. The molecule has 0 unspecified atom stereocenters. The topological polar surface area (TPSA) is 24.6 Å². The van der Waals surface area contributed by atoms with Crippen LogP contribution in [0.2, 0.25) is 0 Å². The highest BCUT2D eigenvalue weighted by atomic mass is 16.3. The Balaban J connectivity index is 1.19. The molecule has 12 rings (SSSR count). The number of benzene rings is 8. The Kier molecular flexibility index (Phi) is 7.04. The van der Waals surface area contributed by atoms with Crippen LogP contribution in [-0.2, 0) is 5.41 Å². The summed E-state index contributed by atoms with van der Waals surface area (Å²) in [6.45, 7) is 4.87. The third kappa shape index (κ3) is 4.64. The minimum Gasteiger partial charge on any atom is -0.454 e. The van der Waals surface area contributed by atoms with Crippen molar-refractivity contribution in [3.05, 3.63) is 205 Å². The first-order valence-corrected chi connectivity index (χ1v) is 20.1. The first-order valence-electron chi connectivity index (χ1n) is 20.1. The van der Waals surface area contributed by atoms with Crippen LogP contribution in [0.25, 0.3) is 38.7 Å². The van der Waals surface area contributed by atoms with Crippen molar-refractivity contribution < 1.29 is 4.42 Å². The minimum atomic E-state index is -0.365. The van der Waals surface area contributed by atoms with Gasteiger partial charge < -0.3 is 18.8 Å². The van der Waals surface area contributed by atoms with E-state index in [4.69, 9.17) is 4.42 Å². The molecule has 0 saturated heterocycles. The van der Waals surface area contributed by atoms with Crippen LogP contribution in [0.1, 0.15) is 25.0 Å². The van der Waals surface area contributed by atoms with Crippen molar-refractivity contribution in [3.63, 3.8) is 0 Å². The number of furan rings is 1. The molecule has 0 atom stereocenters. The quantitative estimate of drug-likeness (QED) is 0.159. The van der Waals surface area contributed by atoms with Gasteiger partial charge in [-0.2, -0.15) is 0 Å². The molecule has 0 amide bonds. The highest BCUT2D eigenvalue weighted by Gasteiger charge is 2.46. The number of anilines is 6. The van der Waals surface area contributed by atoms with Crippen LogP contribution in [-0.4, -0.2) is 11.3 Å². The van der Waals surface area contributed by atoms with E-state index < -0.39 is 0 Å². The van der Waals surface area contributed by atoms with Crippen LogP contribution in [0.5, 0.6) is 0 Å². The number of fused-ring (bicyclic) bond motifs is 9. The summed E-state index contributed by atoms with van der Waals surface area (Å²) >= 11 is 0. The van der Waals surface area contributed by atoms with E-state index in [1.54, 1.807) is 0 Å². The lowest BCUT2D eigenvalue weighted by molar-refractivity contribution is 0.645. The van der Waals surface area contributed by atoms with Crippen molar-refractivity contribution in [2.45, 2.75) is 19.3 Å². The normalized spacial score (nSPS) is 13.4. The maximum Gasteiger partial charge on any atom is 0.247 e. The van der Waals surface area contributed by atoms with Crippen molar-refractivity contribution in [2.75, 3.05) is 9.80 Å². The number of hydrogen-bond donors (Lipinski definition) is 0. The smallest absolute Gasteiger partial charge is 0.247 e. The molecule has 0 bridgehead atoms. The zero-order valence-corrected chi connectivity index (χ0v) is 32.3. The SMILES string of the molecule is CC1(C)c2cc(N(c3ccccc3)c3ccccc3)ccc2B2c3c(cc(N(c4ccccc4)c4ccccc4)cc31)-n1c3c2cccc3c2oc3ccccc3c21. The average molecular weight is 744 g/mol. The van der Waals surface area contributed by atoms with Crippen molar-refractivity contribution in [2.24, 2.45) is 0 Å². The van der Waals surface area contributed by atoms with Gasteiger partial charge in [0.1, 0.15) is 11.1 Å². The lowest BCUT2D eigenvalue weighted by atomic mass is 9.30. The number of nitrogens with zero attached hydrogens (tertiary/aromatic N) is 3. The number of aromatic nitrogens is 1. The molecule has 274 valence electrons. The van der Waals surface area contributed by atoms with Gasteiger partial charge in [-0.25, -0.2) is 0 Å². The van der Waals surface area contributed by atoms with Gasteiger partial charge in [-0.15, -0.1) is 0 Å². The molecular weight excluding hydrogens is 705 g/mol. The molecule has 8 aromatic carbocycles. The van der Waals surface area contributed by atoms with Gasteiger partial charge in [-0.3, -0.25) is 0 Å². The Labute approximate surface area is 337 Å². The van der Waals surface area contributed by atoms with Gasteiger partial charge in [0.15, 0.2) is 5.58 Å². The molecule has 0 fully saturated rings. The molecule has 4 nitrogen and oxygen atoms in total. The molecule has 2 aliphatic rings. The van der Waals surface area contributed by atoms with E-state index in [2.05, 4.69) is 222 Å². The van der Waals surface area contributed by atoms with Crippen LogP contribution in [0.15, 0.2) is 199 Å². The molecule has 4 heterocycles. The van der Waals surface area contributed by atoms with Crippen LogP contribution >= 0.6 is 0 Å². The Bertz CT molecular complexity index is 3130. The Morgan fingerprint density at radius 2 is 0.983 bits per heavy atom. The van der Waals surface area contributed by atoms with Crippen molar-refractivity contribution in [1.82, 2.24) is 4.57 Å².